The molecule has 2 heteroatoms. The molecule has 0 spiro atoms. The van der Waals surface area contributed by atoms with E-state index in [1.54, 1.807) is 5.57 Å². The Kier molecular flexibility index (Phi) is 3.97. The van der Waals surface area contributed by atoms with Crippen LogP contribution in [0.3, 0.4) is 0 Å². The number of rotatable bonds is 1. The molecule has 2 N–H and O–H groups in total. The van der Waals surface area contributed by atoms with Gasteiger partial charge in [0.2, 0.25) is 0 Å². The van der Waals surface area contributed by atoms with Gasteiger partial charge in [-0.25, -0.2) is 0 Å². The van der Waals surface area contributed by atoms with Gasteiger partial charge >= 0.3 is 0 Å². The summed E-state index contributed by atoms with van der Waals surface area (Å²) < 4.78 is 0. The molecule has 0 radical (unpaired) electrons. The van der Waals surface area contributed by atoms with Crippen LogP contribution in [0.25, 0.3) is 0 Å². The molecule has 0 bridgehead atoms. The third-order valence-electron chi connectivity index (χ3n) is 9.14. The largest absolute Gasteiger partial charge is 0.396 e. The molecule has 4 saturated carbocycles. The quantitative estimate of drug-likeness (QED) is 0.683. The molecule has 0 saturated heterocycles. The van der Waals surface area contributed by atoms with Gasteiger partial charge in [-0.1, -0.05) is 18.6 Å². The van der Waals surface area contributed by atoms with Crippen LogP contribution in [-0.2, 0) is 0 Å². The summed E-state index contributed by atoms with van der Waals surface area (Å²) in [4.78, 5) is 0. The molecule has 0 amide bonds. The van der Waals surface area contributed by atoms with Gasteiger partial charge in [0.05, 0.1) is 5.60 Å². The Hall–Kier alpha value is -0.340. The average molecular weight is 333 g/mol. The van der Waals surface area contributed by atoms with Crippen LogP contribution in [0.4, 0.5) is 0 Å². The minimum atomic E-state index is -0.509. The SMILES string of the molecule is C/C=C1\CC[C@H]2[C@@H]3CC[C@H]4C[C@](C)(O)CC[C@]4(CO)[C@H]3CC[C@]12C. The minimum absolute atomic E-state index is 0.102. The number of allylic oxidation sites excluding steroid dienone is 2. The molecule has 0 aromatic carbocycles. The second kappa shape index (κ2) is 5.58. The molecule has 4 rings (SSSR count). The maximum absolute atomic E-state index is 10.6. The van der Waals surface area contributed by atoms with Gasteiger partial charge in [-0.15, -0.1) is 0 Å². The summed E-state index contributed by atoms with van der Waals surface area (Å²) >= 11 is 0. The van der Waals surface area contributed by atoms with Crippen LogP contribution in [0.5, 0.6) is 0 Å². The van der Waals surface area contributed by atoms with Gasteiger partial charge in [-0.05, 0) is 106 Å². The standard InChI is InChI=1S/C22H36O2/c1-4-15-6-8-18-17-7-5-16-13-20(2,24)11-12-22(16,14-23)19(17)9-10-21(15,18)3/h4,16-19,23-24H,5-14H2,1-3H3/b15-4+/t16-,17-,18-,19-,20+,21+,22+/m0/s1. The Morgan fingerprint density at radius 1 is 1.04 bits per heavy atom. The fraction of sp³-hybridized carbons (Fsp3) is 0.909. The first kappa shape index (κ1) is 17.1. The lowest BCUT2D eigenvalue weighted by atomic mass is 9.44. The highest BCUT2D eigenvalue weighted by Crippen LogP contribution is 2.67. The second-order valence-corrected chi connectivity index (χ2v) is 10.1. The van der Waals surface area contributed by atoms with Crippen LogP contribution in [-0.4, -0.2) is 22.4 Å². The first-order chi connectivity index (χ1) is 11.4. The third kappa shape index (κ3) is 2.21. The zero-order chi connectivity index (χ0) is 17.2. The van der Waals surface area contributed by atoms with Crippen LogP contribution in [0, 0.1) is 34.5 Å². The molecule has 2 nitrogen and oxygen atoms in total. The van der Waals surface area contributed by atoms with E-state index in [2.05, 4.69) is 19.9 Å². The molecule has 0 aromatic heterocycles. The average Bonchev–Trinajstić information content (AvgIpc) is 2.90. The number of aliphatic hydroxyl groups is 2. The van der Waals surface area contributed by atoms with Gasteiger partial charge in [0, 0.05) is 6.61 Å². The van der Waals surface area contributed by atoms with E-state index >= 15 is 0 Å². The van der Waals surface area contributed by atoms with Crippen molar-refractivity contribution in [2.45, 2.75) is 84.2 Å². The lowest BCUT2D eigenvalue weighted by Gasteiger charge is -2.62. The van der Waals surface area contributed by atoms with Crippen LogP contribution in [0.15, 0.2) is 11.6 Å². The van der Waals surface area contributed by atoms with E-state index in [1.807, 2.05) is 6.92 Å². The fourth-order valence-electron chi connectivity index (χ4n) is 7.86. The highest BCUT2D eigenvalue weighted by atomic mass is 16.3. The summed E-state index contributed by atoms with van der Waals surface area (Å²) in [5.74, 6) is 2.84. The van der Waals surface area contributed by atoms with Crippen molar-refractivity contribution in [3.8, 4) is 0 Å². The number of hydrogen-bond acceptors (Lipinski definition) is 2. The van der Waals surface area contributed by atoms with Gasteiger partial charge in [-0.2, -0.15) is 0 Å². The van der Waals surface area contributed by atoms with Crippen molar-refractivity contribution >= 4 is 0 Å². The van der Waals surface area contributed by atoms with Crippen LogP contribution in [0.2, 0.25) is 0 Å². The Morgan fingerprint density at radius 2 is 1.83 bits per heavy atom. The number of hydrogen-bond donors (Lipinski definition) is 2. The highest BCUT2D eigenvalue weighted by Gasteiger charge is 2.61. The van der Waals surface area contributed by atoms with E-state index in [9.17, 15) is 10.2 Å². The zero-order valence-corrected chi connectivity index (χ0v) is 15.9. The first-order valence-electron chi connectivity index (χ1n) is 10.4. The lowest BCUT2D eigenvalue weighted by Crippen LogP contribution is -2.57. The summed E-state index contributed by atoms with van der Waals surface area (Å²) in [7, 11) is 0. The van der Waals surface area contributed by atoms with Crippen LogP contribution >= 0.6 is 0 Å². The fourth-order valence-corrected chi connectivity index (χ4v) is 7.86. The molecule has 0 heterocycles. The predicted molar refractivity (Wildman–Crippen MR) is 97.5 cm³/mol. The summed E-state index contributed by atoms with van der Waals surface area (Å²) in [5.41, 5.74) is 1.73. The topological polar surface area (TPSA) is 40.5 Å². The molecule has 136 valence electrons. The second-order valence-electron chi connectivity index (χ2n) is 10.1. The summed E-state index contributed by atoms with van der Waals surface area (Å²) in [6.45, 7) is 7.10. The van der Waals surface area contributed by atoms with Gasteiger partial charge < -0.3 is 10.2 Å². The Labute approximate surface area is 147 Å². The normalized spacial score (nSPS) is 55.8. The maximum Gasteiger partial charge on any atom is 0.0622 e. The van der Waals surface area contributed by atoms with E-state index in [-0.39, 0.29) is 5.41 Å². The van der Waals surface area contributed by atoms with Gasteiger partial charge in [0.1, 0.15) is 0 Å². The molecule has 4 aliphatic rings. The van der Waals surface area contributed by atoms with Crippen LogP contribution < -0.4 is 0 Å². The van der Waals surface area contributed by atoms with Crippen molar-refractivity contribution in [2.75, 3.05) is 6.61 Å². The molecule has 0 aliphatic heterocycles. The van der Waals surface area contributed by atoms with Gasteiger partial charge in [0.15, 0.2) is 0 Å². The monoisotopic (exact) mass is 332 g/mol. The summed E-state index contributed by atoms with van der Waals surface area (Å²) in [5, 5.41) is 21.1. The van der Waals surface area contributed by atoms with Crippen molar-refractivity contribution < 1.29 is 10.2 Å². The lowest BCUT2D eigenvalue weighted by molar-refractivity contribution is -0.164. The Morgan fingerprint density at radius 3 is 2.54 bits per heavy atom. The van der Waals surface area contributed by atoms with Gasteiger partial charge in [0.25, 0.3) is 0 Å². The molecule has 24 heavy (non-hydrogen) atoms. The zero-order valence-electron chi connectivity index (χ0n) is 15.9. The van der Waals surface area contributed by atoms with E-state index in [1.165, 1.54) is 38.5 Å². The highest BCUT2D eigenvalue weighted by molar-refractivity contribution is 5.24. The smallest absolute Gasteiger partial charge is 0.0622 e. The number of fused-ring (bicyclic) bond motifs is 5. The van der Waals surface area contributed by atoms with Crippen molar-refractivity contribution in [2.24, 2.45) is 34.5 Å². The summed E-state index contributed by atoms with van der Waals surface area (Å²) in [6.07, 6.45) is 13.0. The van der Waals surface area contributed by atoms with E-state index < -0.39 is 5.60 Å². The van der Waals surface area contributed by atoms with Crippen molar-refractivity contribution in [3.05, 3.63) is 11.6 Å². The van der Waals surface area contributed by atoms with Crippen molar-refractivity contribution in [3.63, 3.8) is 0 Å². The molecule has 0 aromatic rings. The van der Waals surface area contributed by atoms with Gasteiger partial charge in [-0.3, -0.25) is 0 Å². The van der Waals surface area contributed by atoms with Crippen LogP contribution in [0.1, 0.15) is 78.6 Å². The Balaban J connectivity index is 1.66. The van der Waals surface area contributed by atoms with Crippen molar-refractivity contribution in [1.82, 2.24) is 0 Å². The molecule has 0 unspecified atom stereocenters. The van der Waals surface area contributed by atoms with E-state index in [0.29, 0.717) is 23.9 Å². The molecular weight excluding hydrogens is 296 g/mol. The number of aliphatic hydroxyl groups excluding tert-OH is 1. The molecule has 4 fully saturated rings. The minimum Gasteiger partial charge on any atom is -0.396 e. The van der Waals surface area contributed by atoms with E-state index in [0.717, 1.165) is 31.1 Å². The molecular formula is C22H36O2. The summed E-state index contributed by atoms with van der Waals surface area (Å²) in [6, 6.07) is 0. The molecule has 7 atom stereocenters. The van der Waals surface area contributed by atoms with Crippen molar-refractivity contribution in [1.29, 1.82) is 0 Å². The molecule has 4 aliphatic carbocycles. The third-order valence-corrected chi connectivity index (χ3v) is 9.14. The first-order valence-corrected chi connectivity index (χ1v) is 10.4. The maximum atomic E-state index is 10.6. The predicted octanol–water partition coefficient (Wildman–Crippen LogP) is 4.70. The van der Waals surface area contributed by atoms with E-state index in [4.69, 9.17) is 0 Å². The Bertz CT molecular complexity index is 536.